The topological polar surface area (TPSA) is 58.3 Å². The van der Waals surface area contributed by atoms with Gasteiger partial charge in [-0.15, -0.1) is 0 Å². The number of hydrogen-bond donors (Lipinski definition) is 2. The van der Waals surface area contributed by atoms with Gasteiger partial charge in [0.2, 0.25) is 0 Å². The number of rotatable bonds is 4. The van der Waals surface area contributed by atoms with Crippen molar-refractivity contribution < 1.29 is 22.7 Å². The van der Waals surface area contributed by atoms with Gasteiger partial charge in [0.1, 0.15) is 11.1 Å². The molecule has 0 bridgehead atoms. The van der Waals surface area contributed by atoms with Gasteiger partial charge in [-0.05, 0) is 37.0 Å². The van der Waals surface area contributed by atoms with Crippen LogP contribution in [0.4, 0.5) is 13.2 Å². The molecule has 1 aliphatic carbocycles. The summed E-state index contributed by atoms with van der Waals surface area (Å²) in [5.41, 5.74) is -0.311. The first-order chi connectivity index (χ1) is 11.3. The summed E-state index contributed by atoms with van der Waals surface area (Å²) in [4.78, 5) is 4.20. The summed E-state index contributed by atoms with van der Waals surface area (Å²) in [6, 6.07) is 2.65. The molecule has 2 atom stereocenters. The van der Waals surface area contributed by atoms with E-state index in [4.69, 9.17) is 4.42 Å². The molecule has 1 aromatic carbocycles. The van der Waals surface area contributed by atoms with Crippen molar-refractivity contribution >= 4 is 11.1 Å². The van der Waals surface area contributed by atoms with Gasteiger partial charge < -0.3 is 14.8 Å². The maximum atomic E-state index is 13.4. The predicted octanol–water partition coefficient (Wildman–Crippen LogP) is 3.97. The van der Waals surface area contributed by atoms with Gasteiger partial charge in [-0.25, -0.2) is 4.98 Å². The standard InChI is InChI=1S/C17H21F3N2O2/c1-9(2)16-22-13-7-10(8-21-12-4-3-5-14(12)23)6-11(15(13)24-16)17(18,19)20/h6-7,9,12,14,21,23H,3-5,8H2,1-2H3/t12-,14-/m0/s1. The lowest BCUT2D eigenvalue weighted by Crippen LogP contribution is -2.35. The molecular formula is C17H21F3N2O2. The largest absolute Gasteiger partial charge is 0.440 e. The Kier molecular flexibility index (Phi) is 4.57. The van der Waals surface area contributed by atoms with Crippen molar-refractivity contribution in [2.45, 2.75) is 63.9 Å². The van der Waals surface area contributed by atoms with E-state index < -0.39 is 17.8 Å². The number of alkyl halides is 3. The van der Waals surface area contributed by atoms with Crippen molar-refractivity contribution in [1.29, 1.82) is 0 Å². The number of fused-ring (bicyclic) bond motifs is 1. The summed E-state index contributed by atoms with van der Waals surface area (Å²) in [7, 11) is 0. The molecule has 0 radical (unpaired) electrons. The molecule has 2 aromatic rings. The summed E-state index contributed by atoms with van der Waals surface area (Å²) in [5.74, 6) is 0.209. The maximum absolute atomic E-state index is 13.4. The van der Waals surface area contributed by atoms with E-state index in [1.54, 1.807) is 6.07 Å². The van der Waals surface area contributed by atoms with Crippen molar-refractivity contribution in [3.63, 3.8) is 0 Å². The highest BCUT2D eigenvalue weighted by Crippen LogP contribution is 2.37. The third kappa shape index (κ3) is 3.42. The van der Waals surface area contributed by atoms with Gasteiger partial charge in [-0.3, -0.25) is 0 Å². The molecule has 0 unspecified atom stereocenters. The summed E-state index contributed by atoms with van der Waals surface area (Å²) >= 11 is 0. The van der Waals surface area contributed by atoms with E-state index in [-0.39, 0.29) is 29.6 Å². The van der Waals surface area contributed by atoms with E-state index >= 15 is 0 Å². The molecule has 132 valence electrons. The van der Waals surface area contributed by atoms with Crippen molar-refractivity contribution in [2.75, 3.05) is 0 Å². The van der Waals surface area contributed by atoms with Crippen LogP contribution < -0.4 is 5.32 Å². The third-order valence-corrected chi connectivity index (χ3v) is 4.41. The van der Waals surface area contributed by atoms with Gasteiger partial charge in [0.05, 0.1) is 6.10 Å². The Morgan fingerprint density at radius 1 is 1.33 bits per heavy atom. The minimum absolute atomic E-state index is 0.0708. The van der Waals surface area contributed by atoms with Crippen molar-refractivity contribution in [3.05, 3.63) is 29.2 Å². The molecule has 1 heterocycles. The zero-order valence-electron chi connectivity index (χ0n) is 13.7. The highest BCUT2D eigenvalue weighted by molar-refractivity contribution is 5.78. The Labute approximate surface area is 138 Å². The van der Waals surface area contributed by atoms with Crippen LogP contribution in [0.5, 0.6) is 0 Å². The number of halogens is 3. The number of oxazole rings is 1. The summed E-state index contributed by atoms with van der Waals surface area (Å²) in [6.45, 7) is 3.90. The Hall–Kier alpha value is -1.60. The van der Waals surface area contributed by atoms with E-state index in [0.717, 1.165) is 25.3 Å². The third-order valence-electron chi connectivity index (χ3n) is 4.41. The van der Waals surface area contributed by atoms with Crippen LogP contribution >= 0.6 is 0 Å². The molecule has 2 N–H and O–H groups in total. The van der Waals surface area contributed by atoms with Gasteiger partial charge in [0, 0.05) is 18.5 Å². The van der Waals surface area contributed by atoms with E-state index in [9.17, 15) is 18.3 Å². The summed E-state index contributed by atoms with van der Waals surface area (Å²) in [6.07, 6.45) is -2.46. The van der Waals surface area contributed by atoms with E-state index in [1.807, 2.05) is 13.8 Å². The first-order valence-electron chi connectivity index (χ1n) is 8.17. The first-order valence-corrected chi connectivity index (χ1v) is 8.17. The molecule has 0 saturated heterocycles. The molecule has 1 aliphatic rings. The summed E-state index contributed by atoms with van der Waals surface area (Å²) < 4.78 is 45.4. The smallest absolute Gasteiger partial charge is 0.420 e. The number of nitrogens with zero attached hydrogens (tertiary/aromatic N) is 1. The molecule has 1 fully saturated rings. The normalized spacial score (nSPS) is 22.0. The number of hydrogen-bond acceptors (Lipinski definition) is 4. The van der Waals surface area contributed by atoms with Gasteiger partial charge in [-0.2, -0.15) is 13.2 Å². The lowest BCUT2D eigenvalue weighted by Gasteiger charge is -2.17. The second-order valence-corrected chi connectivity index (χ2v) is 6.68. The Bertz CT molecular complexity index is 724. The van der Waals surface area contributed by atoms with Crippen molar-refractivity contribution in [1.82, 2.24) is 10.3 Å². The SMILES string of the molecule is CC(C)c1nc2cc(CN[C@H]3CCC[C@@H]3O)cc(C(F)(F)F)c2o1. The average molecular weight is 342 g/mol. The number of nitrogens with one attached hydrogen (secondary N) is 1. The van der Waals surface area contributed by atoms with Gasteiger partial charge >= 0.3 is 6.18 Å². The maximum Gasteiger partial charge on any atom is 0.420 e. The fraction of sp³-hybridized carbons (Fsp3) is 0.588. The number of benzene rings is 1. The van der Waals surface area contributed by atoms with Crippen molar-refractivity contribution in [2.24, 2.45) is 0 Å². The first kappa shape index (κ1) is 17.2. The molecule has 3 rings (SSSR count). The van der Waals surface area contributed by atoms with E-state index in [0.29, 0.717) is 11.5 Å². The van der Waals surface area contributed by atoms with Crippen LogP contribution in [0.15, 0.2) is 16.5 Å². The molecule has 7 heteroatoms. The minimum atomic E-state index is -4.51. The van der Waals surface area contributed by atoms with Crippen LogP contribution in [0, 0.1) is 0 Å². The number of aromatic nitrogens is 1. The molecule has 24 heavy (non-hydrogen) atoms. The monoisotopic (exact) mass is 342 g/mol. The molecular weight excluding hydrogens is 321 g/mol. The number of aliphatic hydroxyl groups is 1. The zero-order valence-corrected chi connectivity index (χ0v) is 13.7. The van der Waals surface area contributed by atoms with Gasteiger partial charge in [-0.1, -0.05) is 13.8 Å². The van der Waals surface area contributed by atoms with E-state index in [1.165, 1.54) is 0 Å². The Balaban J connectivity index is 1.93. The van der Waals surface area contributed by atoms with Gasteiger partial charge in [0.15, 0.2) is 11.5 Å². The van der Waals surface area contributed by atoms with Crippen LogP contribution in [-0.4, -0.2) is 22.2 Å². The fourth-order valence-corrected chi connectivity index (χ4v) is 3.10. The summed E-state index contributed by atoms with van der Waals surface area (Å²) in [5, 5.41) is 13.0. The Morgan fingerprint density at radius 2 is 2.08 bits per heavy atom. The second kappa shape index (κ2) is 6.37. The lowest BCUT2D eigenvalue weighted by atomic mass is 10.1. The minimum Gasteiger partial charge on any atom is -0.440 e. The molecule has 1 saturated carbocycles. The highest BCUT2D eigenvalue weighted by Gasteiger charge is 2.35. The van der Waals surface area contributed by atoms with Crippen molar-refractivity contribution in [3.8, 4) is 0 Å². The molecule has 0 spiro atoms. The molecule has 0 amide bonds. The average Bonchev–Trinajstić information content (AvgIpc) is 3.09. The predicted molar refractivity (Wildman–Crippen MR) is 83.6 cm³/mol. The second-order valence-electron chi connectivity index (χ2n) is 6.68. The zero-order chi connectivity index (χ0) is 17.5. The van der Waals surface area contributed by atoms with Crippen LogP contribution in [0.25, 0.3) is 11.1 Å². The Morgan fingerprint density at radius 3 is 2.67 bits per heavy atom. The van der Waals surface area contributed by atoms with Crippen LogP contribution in [0.3, 0.4) is 0 Å². The quantitative estimate of drug-likeness (QED) is 0.883. The van der Waals surface area contributed by atoms with E-state index in [2.05, 4.69) is 10.3 Å². The van der Waals surface area contributed by atoms with Gasteiger partial charge in [0.25, 0.3) is 0 Å². The lowest BCUT2D eigenvalue weighted by molar-refractivity contribution is -0.136. The molecule has 0 aliphatic heterocycles. The fourth-order valence-electron chi connectivity index (χ4n) is 3.10. The van der Waals surface area contributed by atoms with Crippen LogP contribution in [0.2, 0.25) is 0 Å². The highest BCUT2D eigenvalue weighted by atomic mass is 19.4. The molecule has 4 nitrogen and oxygen atoms in total. The molecule has 1 aromatic heterocycles. The number of aliphatic hydroxyl groups excluding tert-OH is 1. The van der Waals surface area contributed by atoms with Crippen LogP contribution in [0.1, 0.15) is 56.0 Å². The van der Waals surface area contributed by atoms with Crippen LogP contribution in [-0.2, 0) is 12.7 Å².